The smallest absolute Gasteiger partial charge is 0.261 e. The summed E-state index contributed by atoms with van der Waals surface area (Å²) in [7, 11) is -7.88. The molecule has 0 saturated carbocycles. The molecular formula is C17H18ClFN2O5S2. The summed E-state index contributed by atoms with van der Waals surface area (Å²) in [6, 6.07) is 7.24. The number of morpholine rings is 1. The zero-order valence-electron chi connectivity index (χ0n) is 14.9. The minimum Gasteiger partial charge on any atom is -0.379 e. The lowest BCUT2D eigenvalue weighted by molar-refractivity contribution is 0.0730. The maximum absolute atomic E-state index is 13.3. The van der Waals surface area contributed by atoms with Gasteiger partial charge in [0.25, 0.3) is 10.0 Å². The van der Waals surface area contributed by atoms with Crippen LogP contribution < -0.4 is 4.72 Å². The van der Waals surface area contributed by atoms with Gasteiger partial charge in [-0.15, -0.1) is 0 Å². The fourth-order valence-electron chi connectivity index (χ4n) is 2.73. The lowest BCUT2D eigenvalue weighted by Gasteiger charge is -2.26. The van der Waals surface area contributed by atoms with Crippen molar-refractivity contribution in [3.05, 3.63) is 52.8 Å². The molecule has 0 unspecified atom stereocenters. The number of sulfonamides is 2. The van der Waals surface area contributed by atoms with E-state index >= 15 is 0 Å². The maximum atomic E-state index is 13.3. The van der Waals surface area contributed by atoms with E-state index in [0.717, 1.165) is 18.2 Å². The number of benzene rings is 2. The lowest BCUT2D eigenvalue weighted by Crippen LogP contribution is -2.40. The molecule has 0 aromatic heterocycles. The first kappa shape index (κ1) is 21.0. The highest BCUT2D eigenvalue weighted by molar-refractivity contribution is 7.92. The molecule has 3 rings (SSSR count). The minimum absolute atomic E-state index is 0.00624. The molecule has 0 bridgehead atoms. The van der Waals surface area contributed by atoms with Crippen LogP contribution in [0.15, 0.2) is 46.2 Å². The molecule has 2 aromatic carbocycles. The third kappa shape index (κ3) is 4.31. The van der Waals surface area contributed by atoms with Crippen molar-refractivity contribution in [1.82, 2.24) is 4.31 Å². The van der Waals surface area contributed by atoms with Gasteiger partial charge in [0.05, 0.1) is 33.7 Å². The van der Waals surface area contributed by atoms with Crippen molar-refractivity contribution in [2.24, 2.45) is 0 Å². The molecule has 0 amide bonds. The molecule has 1 saturated heterocycles. The number of halogens is 2. The number of nitrogens with zero attached hydrogens (tertiary/aromatic N) is 1. The quantitative estimate of drug-likeness (QED) is 0.759. The molecule has 7 nitrogen and oxygen atoms in total. The maximum Gasteiger partial charge on any atom is 0.261 e. The summed E-state index contributed by atoms with van der Waals surface area (Å²) in [5.41, 5.74) is 0.553. The van der Waals surface area contributed by atoms with E-state index in [1.165, 1.54) is 22.5 Å². The topological polar surface area (TPSA) is 92.8 Å². The van der Waals surface area contributed by atoms with Gasteiger partial charge >= 0.3 is 0 Å². The van der Waals surface area contributed by atoms with Gasteiger partial charge in [-0.3, -0.25) is 4.72 Å². The molecule has 1 fully saturated rings. The molecule has 152 valence electrons. The Morgan fingerprint density at radius 3 is 2.39 bits per heavy atom. The largest absolute Gasteiger partial charge is 0.379 e. The zero-order valence-corrected chi connectivity index (χ0v) is 17.2. The van der Waals surface area contributed by atoms with Crippen molar-refractivity contribution in [1.29, 1.82) is 0 Å². The van der Waals surface area contributed by atoms with E-state index in [1.807, 2.05) is 0 Å². The van der Waals surface area contributed by atoms with Crippen LogP contribution in [0.3, 0.4) is 0 Å². The molecule has 1 aliphatic heterocycles. The number of aryl methyl sites for hydroxylation is 1. The van der Waals surface area contributed by atoms with Crippen LogP contribution >= 0.6 is 11.6 Å². The first-order chi connectivity index (χ1) is 13.1. The second-order valence-corrected chi connectivity index (χ2v) is 10.2. The summed E-state index contributed by atoms with van der Waals surface area (Å²) < 4.78 is 73.0. The van der Waals surface area contributed by atoms with Gasteiger partial charge in [-0.2, -0.15) is 4.31 Å². The summed E-state index contributed by atoms with van der Waals surface area (Å²) in [6.45, 7) is 2.69. The molecule has 1 N–H and O–H groups in total. The van der Waals surface area contributed by atoms with Crippen LogP contribution in [0.5, 0.6) is 0 Å². The van der Waals surface area contributed by atoms with Gasteiger partial charge in [0, 0.05) is 13.1 Å². The molecule has 2 aromatic rings. The van der Waals surface area contributed by atoms with Gasteiger partial charge in [-0.25, -0.2) is 21.2 Å². The van der Waals surface area contributed by atoms with E-state index in [0.29, 0.717) is 18.8 Å². The van der Waals surface area contributed by atoms with Crippen LogP contribution in [-0.4, -0.2) is 47.4 Å². The average molecular weight is 449 g/mol. The molecule has 0 aliphatic carbocycles. The van der Waals surface area contributed by atoms with Crippen molar-refractivity contribution < 1.29 is 26.0 Å². The van der Waals surface area contributed by atoms with E-state index < -0.39 is 25.9 Å². The highest BCUT2D eigenvalue weighted by atomic mass is 35.5. The van der Waals surface area contributed by atoms with Crippen LogP contribution in [0, 0.1) is 12.7 Å². The predicted octanol–water partition coefficient (Wildman–Crippen LogP) is 2.61. The molecule has 0 spiro atoms. The molecular weight excluding hydrogens is 431 g/mol. The summed E-state index contributed by atoms with van der Waals surface area (Å²) in [4.78, 5) is -0.233. The molecule has 0 radical (unpaired) electrons. The van der Waals surface area contributed by atoms with Crippen molar-refractivity contribution in [2.45, 2.75) is 16.7 Å². The van der Waals surface area contributed by atoms with Crippen molar-refractivity contribution in [3.63, 3.8) is 0 Å². The second-order valence-electron chi connectivity index (χ2n) is 6.18. The highest BCUT2D eigenvalue weighted by Gasteiger charge is 2.28. The van der Waals surface area contributed by atoms with Crippen LogP contribution in [0.25, 0.3) is 0 Å². The van der Waals surface area contributed by atoms with Gasteiger partial charge < -0.3 is 4.74 Å². The van der Waals surface area contributed by atoms with Gasteiger partial charge in [-0.05, 0) is 42.8 Å². The van der Waals surface area contributed by atoms with E-state index in [1.54, 1.807) is 6.92 Å². The second kappa shape index (κ2) is 7.96. The number of ether oxygens (including phenoxy) is 1. The van der Waals surface area contributed by atoms with Gasteiger partial charge in [0.15, 0.2) is 0 Å². The average Bonchev–Trinajstić information content (AvgIpc) is 2.66. The van der Waals surface area contributed by atoms with Crippen LogP contribution in [-0.2, 0) is 24.8 Å². The third-order valence-electron chi connectivity index (χ3n) is 4.23. The molecule has 28 heavy (non-hydrogen) atoms. The lowest BCUT2D eigenvalue weighted by atomic mass is 10.2. The normalized spacial score (nSPS) is 16.1. The van der Waals surface area contributed by atoms with Gasteiger partial charge in [0.2, 0.25) is 10.0 Å². The van der Waals surface area contributed by atoms with E-state index in [2.05, 4.69) is 4.72 Å². The Balaban J connectivity index is 1.93. The zero-order chi connectivity index (χ0) is 20.5. The number of anilines is 1. The SMILES string of the molecule is Cc1ccc(NS(=O)(=O)c2ccc(F)c(Cl)c2)cc1S(=O)(=O)N1CCOCC1. The summed E-state index contributed by atoms with van der Waals surface area (Å²) >= 11 is 5.65. The van der Waals surface area contributed by atoms with Crippen LogP contribution in [0.2, 0.25) is 5.02 Å². The summed E-state index contributed by atoms with van der Waals surface area (Å²) in [6.07, 6.45) is 0. The van der Waals surface area contributed by atoms with Crippen molar-refractivity contribution in [3.8, 4) is 0 Å². The van der Waals surface area contributed by atoms with E-state index in [-0.39, 0.29) is 33.6 Å². The fraction of sp³-hybridized carbons (Fsp3) is 0.294. The highest BCUT2D eigenvalue weighted by Crippen LogP contribution is 2.27. The molecule has 0 atom stereocenters. The number of nitrogens with one attached hydrogen (secondary N) is 1. The Morgan fingerprint density at radius 2 is 1.75 bits per heavy atom. The van der Waals surface area contributed by atoms with Crippen LogP contribution in [0.4, 0.5) is 10.1 Å². The summed E-state index contributed by atoms with van der Waals surface area (Å²) in [5, 5.41) is -0.331. The Labute approximate surface area is 168 Å². The number of hydrogen-bond donors (Lipinski definition) is 1. The Morgan fingerprint density at radius 1 is 1.07 bits per heavy atom. The Kier molecular flexibility index (Phi) is 5.97. The van der Waals surface area contributed by atoms with E-state index in [9.17, 15) is 21.2 Å². The first-order valence-electron chi connectivity index (χ1n) is 8.28. The van der Waals surface area contributed by atoms with Gasteiger partial charge in [0.1, 0.15) is 5.82 Å². The fourth-order valence-corrected chi connectivity index (χ4v) is 5.70. The molecule has 1 aliphatic rings. The molecule has 11 heteroatoms. The third-order valence-corrected chi connectivity index (χ3v) is 7.94. The number of rotatable bonds is 5. The van der Waals surface area contributed by atoms with Crippen molar-refractivity contribution in [2.75, 3.05) is 31.0 Å². The molecule has 1 heterocycles. The van der Waals surface area contributed by atoms with Gasteiger partial charge in [-0.1, -0.05) is 17.7 Å². The Hall–Kier alpha value is -1.72. The minimum atomic E-state index is -4.08. The monoisotopic (exact) mass is 448 g/mol. The van der Waals surface area contributed by atoms with E-state index in [4.69, 9.17) is 16.3 Å². The van der Waals surface area contributed by atoms with Crippen molar-refractivity contribution >= 4 is 37.3 Å². The summed E-state index contributed by atoms with van der Waals surface area (Å²) in [5.74, 6) is -0.741. The standard InChI is InChI=1S/C17H18ClFN2O5S2/c1-12-2-3-13(10-17(12)28(24,25)21-6-8-26-9-7-21)20-27(22,23)14-4-5-16(19)15(18)11-14/h2-5,10-11,20H,6-9H2,1H3. The predicted molar refractivity (Wildman–Crippen MR) is 103 cm³/mol. The van der Waals surface area contributed by atoms with Crippen LogP contribution in [0.1, 0.15) is 5.56 Å². The first-order valence-corrected chi connectivity index (χ1v) is 11.6. The number of hydrogen-bond acceptors (Lipinski definition) is 5. The Bertz CT molecular complexity index is 1100.